The van der Waals surface area contributed by atoms with Crippen molar-refractivity contribution in [3.05, 3.63) is 36.2 Å². The Kier molecular flexibility index (Phi) is 7.46. The van der Waals surface area contributed by atoms with Gasteiger partial charge in [0, 0.05) is 32.2 Å². The zero-order valence-corrected chi connectivity index (χ0v) is 16.8. The number of benzene rings is 1. The number of hydrogen-bond donors (Lipinski definition) is 2. The van der Waals surface area contributed by atoms with Crippen LogP contribution in [0.1, 0.15) is 5.82 Å². The molecule has 3 rings (SSSR count). The number of anilines is 2. The number of hydrogen-bond acceptors (Lipinski definition) is 8. The van der Waals surface area contributed by atoms with E-state index in [2.05, 4.69) is 25.5 Å². The van der Waals surface area contributed by atoms with E-state index in [0.29, 0.717) is 37.9 Å². The van der Waals surface area contributed by atoms with Gasteiger partial charge in [-0.25, -0.2) is 9.97 Å². The van der Waals surface area contributed by atoms with Crippen molar-refractivity contribution in [3.63, 3.8) is 0 Å². The zero-order valence-electron chi connectivity index (χ0n) is 16.8. The molecule has 2 heterocycles. The molecule has 1 aromatic heterocycles. The molecule has 9 heteroatoms. The van der Waals surface area contributed by atoms with Crippen LogP contribution in [0.25, 0.3) is 0 Å². The summed E-state index contributed by atoms with van der Waals surface area (Å²) >= 11 is 0. The van der Waals surface area contributed by atoms with E-state index < -0.39 is 0 Å². The average molecular weight is 401 g/mol. The lowest BCUT2D eigenvalue weighted by Gasteiger charge is -2.28. The van der Waals surface area contributed by atoms with Gasteiger partial charge in [-0.3, -0.25) is 4.79 Å². The molecule has 0 radical (unpaired) electrons. The molecule has 1 aliphatic heterocycles. The Labute approximate surface area is 170 Å². The number of nitrogens with zero attached hydrogens (tertiary/aromatic N) is 3. The number of aromatic nitrogens is 2. The molecule has 0 saturated carbocycles. The molecule has 1 fully saturated rings. The molecule has 0 atom stereocenters. The van der Waals surface area contributed by atoms with Gasteiger partial charge in [0.05, 0.1) is 20.3 Å². The number of amides is 1. The van der Waals surface area contributed by atoms with Crippen molar-refractivity contribution in [1.29, 1.82) is 0 Å². The maximum Gasteiger partial charge on any atom is 0.258 e. The highest BCUT2D eigenvalue weighted by atomic mass is 16.5. The van der Waals surface area contributed by atoms with Crippen LogP contribution in [0.3, 0.4) is 0 Å². The summed E-state index contributed by atoms with van der Waals surface area (Å²) in [6.45, 7) is 5.88. The Morgan fingerprint density at radius 3 is 2.59 bits per heavy atom. The monoisotopic (exact) mass is 401 g/mol. The van der Waals surface area contributed by atoms with Crippen molar-refractivity contribution in [3.8, 4) is 11.5 Å². The van der Waals surface area contributed by atoms with Gasteiger partial charge in [-0.05, 0) is 31.2 Å². The topological polar surface area (TPSA) is 97.8 Å². The summed E-state index contributed by atoms with van der Waals surface area (Å²) in [6, 6.07) is 9.01. The van der Waals surface area contributed by atoms with Crippen molar-refractivity contribution in [2.24, 2.45) is 0 Å². The van der Waals surface area contributed by atoms with Gasteiger partial charge in [-0.2, -0.15) is 0 Å². The van der Waals surface area contributed by atoms with Crippen molar-refractivity contribution in [2.75, 3.05) is 63.3 Å². The zero-order chi connectivity index (χ0) is 20.5. The summed E-state index contributed by atoms with van der Waals surface area (Å²) in [5.41, 5.74) is 0. The van der Waals surface area contributed by atoms with E-state index in [4.69, 9.17) is 14.2 Å². The fraction of sp³-hybridized carbons (Fsp3) is 0.450. The SMILES string of the molecule is COc1ccc(OCC(=O)NCCNc2cc(N3CCOCC3)nc(C)n2)cc1. The number of morpholine rings is 1. The summed E-state index contributed by atoms with van der Waals surface area (Å²) in [7, 11) is 1.60. The molecule has 2 aromatic rings. The molecular weight excluding hydrogens is 374 g/mol. The van der Waals surface area contributed by atoms with Gasteiger partial charge in [0.2, 0.25) is 0 Å². The lowest BCUT2D eigenvalue weighted by atomic mass is 10.3. The van der Waals surface area contributed by atoms with Crippen LogP contribution in [-0.4, -0.2) is 69.0 Å². The fourth-order valence-corrected chi connectivity index (χ4v) is 2.86. The van der Waals surface area contributed by atoms with E-state index in [1.54, 1.807) is 31.4 Å². The molecule has 1 saturated heterocycles. The summed E-state index contributed by atoms with van der Waals surface area (Å²) in [5, 5.41) is 6.05. The first-order valence-electron chi connectivity index (χ1n) is 9.60. The number of carbonyl (C=O) groups excluding carboxylic acids is 1. The molecule has 0 aliphatic carbocycles. The van der Waals surface area contributed by atoms with Gasteiger partial charge < -0.3 is 29.7 Å². The average Bonchev–Trinajstić information content (AvgIpc) is 2.76. The molecule has 0 unspecified atom stereocenters. The van der Waals surface area contributed by atoms with Gasteiger partial charge >= 0.3 is 0 Å². The minimum atomic E-state index is -0.185. The second kappa shape index (κ2) is 10.5. The van der Waals surface area contributed by atoms with Gasteiger partial charge in [0.15, 0.2) is 6.61 Å². The van der Waals surface area contributed by atoms with E-state index in [9.17, 15) is 4.79 Å². The van der Waals surface area contributed by atoms with Crippen LogP contribution in [0.5, 0.6) is 11.5 Å². The van der Waals surface area contributed by atoms with Crippen LogP contribution in [-0.2, 0) is 9.53 Å². The summed E-state index contributed by atoms with van der Waals surface area (Å²) < 4.78 is 15.9. The first kappa shape index (κ1) is 20.7. The lowest BCUT2D eigenvalue weighted by Crippen LogP contribution is -2.37. The predicted molar refractivity (Wildman–Crippen MR) is 110 cm³/mol. The van der Waals surface area contributed by atoms with Crippen LogP contribution in [0.2, 0.25) is 0 Å². The van der Waals surface area contributed by atoms with Gasteiger partial charge in [0.25, 0.3) is 5.91 Å². The van der Waals surface area contributed by atoms with Crippen LogP contribution in [0.4, 0.5) is 11.6 Å². The minimum Gasteiger partial charge on any atom is -0.497 e. The standard InChI is InChI=1S/C20H27N5O4/c1-15-23-18(13-19(24-15)25-9-11-28-12-10-25)21-7-8-22-20(26)14-29-17-5-3-16(27-2)4-6-17/h3-6,13H,7-12,14H2,1-2H3,(H,22,26)(H,21,23,24). The van der Waals surface area contributed by atoms with E-state index in [1.165, 1.54) is 0 Å². The smallest absolute Gasteiger partial charge is 0.258 e. The van der Waals surface area contributed by atoms with Crippen LogP contribution in [0.15, 0.2) is 30.3 Å². The maximum absolute atomic E-state index is 11.9. The van der Waals surface area contributed by atoms with Crippen molar-refractivity contribution < 1.29 is 19.0 Å². The van der Waals surface area contributed by atoms with Crippen molar-refractivity contribution in [1.82, 2.24) is 15.3 Å². The molecule has 0 spiro atoms. The molecular formula is C20H27N5O4. The number of carbonyl (C=O) groups is 1. The third-order valence-corrected chi connectivity index (χ3v) is 4.34. The van der Waals surface area contributed by atoms with E-state index in [0.717, 1.165) is 30.5 Å². The Hall–Kier alpha value is -3.07. The van der Waals surface area contributed by atoms with Gasteiger partial charge in [-0.1, -0.05) is 0 Å². The number of ether oxygens (including phenoxy) is 3. The summed E-state index contributed by atoms with van der Waals surface area (Å²) in [6.07, 6.45) is 0. The Morgan fingerprint density at radius 1 is 1.14 bits per heavy atom. The highest BCUT2D eigenvalue weighted by Crippen LogP contribution is 2.17. The first-order valence-corrected chi connectivity index (χ1v) is 9.60. The highest BCUT2D eigenvalue weighted by Gasteiger charge is 2.14. The number of rotatable bonds is 9. The summed E-state index contributed by atoms with van der Waals surface area (Å²) in [5.74, 6) is 3.50. The minimum absolute atomic E-state index is 0.0415. The Bertz CT molecular complexity index is 794. The molecule has 1 amide bonds. The van der Waals surface area contributed by atoms with E-state index in [-0.39, 0.29) is 12.5 Å². The second-order valence-electron chi connectivity index (χ2n) is 6.50. The molecule has 9 nitrogen and oxygen atoms in total. The second-order valence-corrected chi connectivity index (χ2v) is 6.50. The largest absolute Gasteiger partial charge is 0.497 e. The highest BCUT2D eigenvalue weighted by molar-refractivity contribution is 5.77. The molecule has 0 bridgehead atoms. The molecule has 156 valence electrons. The van der Waals surface area contributed by atoms with Gasteiger partial charge in [0.1, 0.15) is 29.0 Å². The number of methoxy groups -OCH3 is 1. The van der Waals surface area contributed by atoms with Crippen LogP contribution >= 0.6 is 0 Å². The number of aryl methyl sites for hydroxylation is 1. The maximum atomic E-state index is 11.9. The molecule has 2 N–H and O–H groups in total. The lowest BCUT2D eigenvalue weighted by molar-refractivity contribution is -0.123. The van der Waals surface area contributed by atoms with Crippen LogP contribution in [0, 0.1) is 6.92 Å². The summed E-state index contributed by atoms with van der Waals surface area (Å²) in [4.78, 5) is 23.0. The van der Waals surface area contributed by atoms with E-state index in [1.807, 2.05) is 13.0 Å². The first-order chi connectivity index (χ1) is 14.1. The molecule has 1 aliphatic rings. The fourth-order valence-electron chi connectivity index (χ4n) is 2.86. The molecule has 1 aromatic carbocycles. The van der Waals surface area contributed by atoms with Gasteiger partial charge in [-0.15, -0.1) is 0 Å². The van der Waals surface area contributed by atoms with E-state index >= 15 is 0 Å². The Morgan fingerprint density at radius 2 is 1.86 bits per heavy atom. The third-order valence-electron chi connectivity index (χ3n) is 4.34. The Balaban J connectivity index is 1.39. The quantitative estimate of drug-likeness (QED) is 0.606. The number of nitrogens with one attached hydrogen (secondary N) is 2. The predicted octanol–water partition coefficient (Wildman–Crippen LogP) is 1.24. The third kappa shape index (κ3) is 6.49. The van der Waals surface area contributed by atoms with Crippen molar-refractivity contribution >= 4 is 17.5 Å². The van der Waals surface area contributed by atoms with Crippen LogP contribution < -0.4 is 25.0 Å². The molecule has 29 heavy (non-hydrogen) atoms. The van der Waals surface area contributed by atoms with Crippen molar-refractivity contribution in [2.45, 2.75) is 6.92 Å². The normalized spacial score (nSPS) is 13.7.